The Morgan fingerprint density at radius 1 is 1.11 bits per heavy atom. The minimum absolute atomic E-state index is 0.205. The van der Waals surface area contributed by atoms with Gasteiger partial charge < -0.3 is 14.2 Å². The van der Waals surface area contributed by atoms with E-state index < -0.39 is 12.0 Å². The van der Waals surface area contributed by atoms with Crippen molar-refractivity contribution in [1.29, 1.82) is 0 Å². The summed E-state index contributed by atoms with van der Waals surface area (Å²) in [4.78, 5) is 32.0. The number of fused-ring (bicyclic) bond motifs is 1. The summed E-state index contributed by atoms with van der Waals surface area (Å²) in [6, 6.07) is 12.6. The second-order valence-corrected chi connectivity index (χ2v) is 9.03. The van der Waals surface area contributed by atoms with Crippen molar-refractivity contribution in [3.8, 4) is 11.5 Å². The summed E-state index contributed by atoms with van der Waals surface area (Å²) in [7, 11) is 1.56. The average Bonchev–Trinajstić information content (AvgIpc) is 3.14. The van der Waals surface area contributed by atoms with E-state index in [1.165, 1.54) is 11.3 Å². The molecule has 35 heavy (non-hydrogen) atoms. The van der Waals surface area contributed by atoms with Crippen LogP contribution in [0.5, 0.6) is 11.5 Å². The molecule has 0 unspecified atom stereocenters. The number of esters is 1. The van der Waals surface area contributed by atoms with Crippen molar-refractivity contribution in [3.63, 3.8) is 0 Å². The first-order valence-electron chi connectivity index (χ1n) is 11.5. The lowest BCUT2D eigenvalue weighted by molar-refractivity contribution is -0.139. The predicted molar refractivity (Wildman–Crippen MR) is 136 cm³/mol. The molecule has 0 fully saturated rings. The third kappa shape index (κ3) is 4.66. The fourth-order valence-electron chi connectivity index (χ4n) is 4.11. The maximum Gasteiger partial charge on any atom is 0.338 e. The molecule has 0 saturated heterocycles. The third-order valence-corrected chi connectivity index (χ3v) is 6.69. The zero-order valence-electron chi connectivity index (χ0n) is 20.5. The lowest BCUT2D eigenvalue weighted by atomic mass is 9.94. The fourth-order valence-corrected chi connectivity index (χ4v) is 5.15. The predicted octanol–water partition coefficient (Wildman–Crippen LogP) is 3.51. The van der Waals surface area contributed by atoms with Crippen molar-refractivity contribution in [3.05, 3.63) is 90.1 Å². The average molecular weight is 493 g/mol. The van der Waals surface area contributed by atoms with E-state index in [0.717, 1.165) is 11.1 Å². The first kappa shape index (κ1) is 24.5. The molecular weight excluding hydrogens is 464 g/mol. The Kier molecular flexibility index (Phi) is 7.21. The lowest BCUT2D eigenvalue weighted by Gasteiger charge is -2.26. The van der Waals surface area contributed by atoms with E-state index in [9.17, 15) is 9.59 Å². The second-order valence-electron chi connectivity index (χ2n) is 8.02. The Morgan fingerprint density at radius 2 is 1.86 bits per heavy atom. The Bertz CT molecular complexity index is 1460. The van der Waals surface area contributed by atoms with Gasteiger partial charge in [-0.3, -0.25) is 9.36 Å². The molecule has 0 bridgehead atoms. The number of allylic oxidation sites excluding steroid dienone is 1. The van der Waals surface area contributed by atoms with Crippen LogP contribution in [0.15, 0.2) is 63.5 Å². The molecule has 1 aromatic heterocycles. The van der Waals surface area contributed by atoms with E-state index >= 15 is 0 Å². The van der Waals surface area contributed by atoms with E-state index in [1.54, 1.807) is 31.6 Å². The number of para-hydroxylation sites is 1. The summed E-state index contributed by atoms with van der Waals surface area (Å²) in [5, 5.41) is 0. The Morgan fingerprint density at radius 3 is 2.51 bits per heavy atom. The van der Waals surface area contributed by atoms with Crippen molar-refractivity contribution in [1.82, 2.24) is 4.57 Å². The number of rotatable bonds is 7. The molecule has 4 rings (SSSR count). The van der Waals surface area contributed by atoms with Gasteiger partial charge in [-0.15, -0.1) is 0 Å². The van der Waals surface area contributed by atoms with Gasteiger partial charge in [-0.05, 0) is 45.4 Å². The number of methoxy groups -OCH3 is 1. The summed E-state index contributed by atoms with van der Waals surface area (Å²) in [5.74, 6) is 0.480. The molecule has 0 amide bonds. The van der Waals surface area contributed by atoms with Crippen molar-refractivity contribution in [2.24, 2.45) is 4.99 Å². The highest BCUT2D eigenvalue weighted by Crippen LogP contribution is 2.40. The Labute approximate surface area is 207 Å². The smallest absolute Gasteiger partial charge is 0.338 e. The number of thiazole rings is 1. The molecular formula is C27H28N2O5S. The zero-order chi connectivity index (χ0) is 25.1. The fraction of sp³-hybridized carbons (Fsp3) is 0.296. The molecule has 0 spiro atoms. The quantitative estimate of drug-likeness (QED) is 0.472. The molecule has 1 atom stereocenters. The third-order valence-electron chi connectivity index (χ3n) is 5.70. The molecule has 0 radical (unpaired) electrons. The van der Waals surface area contributed by atoms with Gasteiger partial charge in [0.2, 0.25) is 0 Å². The minimum Gasteiger partial charge on any atom is -0.493 e. The van der Waals surface area contributed by atoms with Gasteiger partial charge in [0.05, 0.1) is 36.1 Å². The van der Waals surface area contributed by atoms with Gasteiger partial charge >= 0.3 is 5.97 Å². The summed E-state index contributed by atoms with van der Waals surface area (Å²) < 4.78 is 19.0. The summed E-state index contributed by atoms with van der Waals surface area (Å²) in [5.41, 5.74) is 3.25. The highest BCUT2D eigenvalue weighted by Gasteiger charge is 2.35. The van der Waals surface area contributed by atoms with Gasteiger partial charge in [-0.25, -0.2) is 9.79 Å². The number of aryl methyl sites for hydroxylation is 1. The van der Waals surface area contributed by atoms with Crippen LogP contribution in [-0.2, 0) is 9.53 Å². The van der Waals surface area contributed by atoms with E-state index in [0.29, 0.717) is 44.3 Å². The normalized spacial score (nSPS) is 15.5. The number of hydrogen-bond donors (Lipinski definition) is 0. The summed E-state index contributed by atoms with van der Waals surface area (Å²) >= 11 is 1.29. The molecule has 0 saturated carbocycles. The number of aromatic nitrogens is 1. The standard InChI is InChI=1S/C27H28N2O5S/c1-6-33-24-19(9-8-10-20(24)32-5)23-22(26(31)34-7-2)17(4)28-27-29(23)25(30)21(35-27)15-18-13-11-16(3)12-14-18/h8-15,23H,6-7H2,1-5H3/b21-15-/t23-/m1/s1. The van der Waals surface area contributed by atoms with Gasteiger partial charge in [-0.2, -0.15) is 0 Å². The molecule has 182 valence electrons. The van der Waals surface area contributed by atoms with Crippen molar-refractivity contribution in [2.75, 3.05) is 20.3 Å². The topological polar surface area (TPSA) is 79.1 Å². The van der Waals surface area contributed by atoms with Crippen LogP contribution in [0, 0.1) is 6.92 Å². The molecule has 1 aliphatic rings. The van der Waals surface area contributed by atoms with Crippen LogP contribution in [0.25, 0.3) is 6.08 Å². The van der Waals surface area contributed by atoms with Gasteiger partial charge in [0, 0.05) is 5.56 Å². The van der Waals surface area contributed by atoms with Crippen LogP contribution in [0.1, 0.15) is 43.5 Å². The Balaban J connectivity index is 2.01. The maximum absolute atomic E-state index is 13.8. The highest BCUT2D eigenvalue weighted by molar-refractivity contribution is 7.07. The number of benzene rings is 2. The molecule has 2 aromatic carbocycles. The van der Waals surface area contributed by atoms with Crippen molar-refractivity contribution in [2.45, 2.75) is 33.7 Å². The van der Waals surface area contributed by atoms with Crippen LogP contribution < -0.4 is 24.4 Å². The van der Waals surface area contributed by atoms with Gasteiger partial charge in [-0.1, -0.05) is 53.3 Å². The van der Waals surface area contributed by atoms with E-state index in [4.69, 9.17) is 14.2 Å². The van der Waals surface area contributed by atoms with Crippen LogP contribution >= 0.6 is 11.3 Å². The number of carbonyl (C=O) groups excluding carboxylic acids is 1. The van der Waals surface area contributed by atoms with E-state index in [-0.39, 0.29) is 12.2 Å². The van der Waals surface area contributed by atoms with Crippen LogP contribution in [0.3, 0.4) is 0 Å². The highest BCUT2D eigenvalue weighted by atomic mass is 32.1. The first-order valence-corrected chi connectivity index (χ1v) is 12.3. The molecule has 8 heteroatoms. The molecule has 0 N–H and O–H groups in total. The number of nitrogens with zero attached hydrogens (tertiary/aromatic N) is 2. The molecule has 1 aliphatic heterocycles. The maximum atomic E-state index is 13.8. The monoisotopic (exact) mass is 492 g/mol. The van der Waals surface area contributed by atoms with E-state index in [1.807, 2.05) is 56.3 Å². The lowest BCUT2D eigenvalue weighted by Crippen LogP contribution is -2.40. The molecule has 7 nitrogen and oxygen atoms in total. The van der Waals surface area contributed by atoms with Gasteiger partial charge in [0.15, 0.2) is 16.3 Å². The summed E-state index contributed by atoms with van der Waals surface area (Å²) in [6.45, 7) is 7.99. The van der Waals surface area contributed by atoms with Crippen LogP contribution in [-0.4, -0.2) is 30.9 Å². The second kappa shape index (κ2) is 10.3. The largest absolute Gasteiger partial charge is 0.493 e. The number of ether oxygens (including phenoxy) is 3. The zero-order valence-corrected chi connectivity index (χ0v) is 21.3. The number of hydrogen-bond acceptors (Lipinski definition) is 7. The summed E-state index contributed by atoms with van der Waals surface area (Å²) in [6.07, 6.45) is 1.85. The van der Waals surface area contributed by atoms with Crippen LogP contribution in [0.4, 0.5) is 0 Å². The van der Waals surface area contributed by atoms with Crippen molar-refractivity contribution >= 4 is 23.4 Å². The molecule has 0 aliphatic carbocycles. The minimum atomic E-state index is -0.776. The van der Waals surface area contributed by atoms with Crippen LogP contribution in [0.2, 0.25) is 0 Å². The first-order chi connectivity index (χ1) is 16.9. The molecule has 2 heterocycles. The van der Waals surface area contributed by atoms with E-state index in [2.05, 4.69) is 4.99 Å². The number of carbonyl (C=O) groups is 1. The molecule has 3 aromatic rings. The van der Waals surface area contributed by atoms with Crippen molar-refractivity contribution < 1.29 is 19.0 Å². The van der Waals surface area contributed by atoms with Gasteiger partial charge in [0.25, 0.3) is 5.56 Å². The van der Waals surface area contributed by atoms with Gasteiger partial charge in [0.1, 0.15) is 6.04 Å². The Hall–Kier alpha value is -3.65. The SMILES string of the molecule is CCOC(=O)C1=C(C)N=c2s/c(=C\c3ccc(C)cc3)c(=O)n2[C@@H]1c1cccc(OC)c1OCC.